The van der Waals surface area contributed by atoms with E-state index in [1.54, 1.807) is 4.90 Å². The number of oxime groups is 1. The largest absolute Gasteiger partial charge is 0.409 e. The molecule has 6 heteroatoms. The summed E-state index contributed by atoms with van der Waals surface area (Å²) in [5, 5.41) is 20.9. The Balaban J connectivity index is 2.82. The Hall–Kier alpha value is -1.30. The average Bonchev–Trinajstić information content (AvgIpc) is 2.94. The Kier molecular flexibility index (Phi) is 6.62. The molecule has 1 aliphatic rings. The fourth-order valence-electron chi connectivity index (χ4n) is 2.75. The number of carbonyl (C=O) groups excluding carboxylic acids is 1. The second-order valence-electron chi connectivity index (χ2n) is 5.06. The summed E-state index contributed by atoms with van der Waals surface area (Å²) < 4.78 is 0. The van der Waals surface area contributed by atoms with Crippen molar-refractivity contribution in [3.8, 4) is 0 Å². The van der Waals surface area contributed by atoms with Crippen LogP contribution < -0.4 is 5.73 Å². The van der Waals surface area contributed by atoms with E-state index in [1.165, 1.54) is 0 Å². The highest BCUT2D eigenvalue weighted by molar-refractivity contribution is 6.02. The van der Waals surface area contributed by atoms with Crippen molar-refractivity contribution in [2.75, 3.05) is 13.2 Å². The molecule has 0 aromatic rings. The van der Waals surface area contributed by atoms with Gasteiger partial charge in [-0.2, -0.15) is 0 Å². The van der Waals surface area contributed by atoms with Gasteiger partial charge in [-0.15, -0.1) is 0 Å². The molecule has 1 fully saturated rings. The molecule has 0 heterocycles. The highest BCUT2D eigenvalue weighted by atomic mass is 16.4. The number of aliphatic hydroxyl groups excluding tert-OH is 1. The van der Waals surface area contributed by atoms with Gasteiger partial charge >= 0.3 is 0 Å². The second-order valence-corrected chi connectivity index (χ2v) is 5.06. The summed E-state index contributed by atoms with van der Waals surface area (Å²) in [6, 6.07) is 0.186. The Morgan fingerprint density at radius 1 is 1.47 bits per heavy atom. The van der Waals surface area contributed by atoms with Crippen LogP contribution in [0.25, 0.3) is 0 Å². The summed E-state index contributed by atoms with van der Waals surface area (Å²) in [7, 11) is 0. The summed E-state index contributed by atoms with van der Waals surface area (Å²) >= 11 is 0. The Bertz CT molecular complexity index is 314. The van der Waals surface area contributed by atoms with Gasteiger partial charge in [0.1, 0.15) is 0 Å². The van der Waals surface area contributed by atoms with E-state index in [2.05, 4.69) is 5.16 Å². The van der Waals surface area contributed by atoms with Crippen molar-refractivity contribution >= 4 is 11.7 Å². The predicted octanol–water partition coefficient (Wildman–Crippen LogP) is 0.913. The number of nitrogens with zero attached hydrogens (tertiary/aromatic N) is 2. The molecule has 1 rings (SSSR count). The minimum atomic E-state index is -0.581. The van der Waals surface area contributed by atoms with Crippen LogP contribution in [0.2, 0.25) is 0 Å². The number of rotatable bonds is 7. The van der Waals surface area contributed by atoms with Crippen LogP contribution in [0, 0.1) is 5.92 Å². The van der Waals surface area contributed by atoms with Crippen LogP contribution in [0.1, 0.15) is 45.4 Å². The molecule has 19 heavy (non-hydrogen) atoms. The molecule has 0 aromatic heterocycles. The zero-order valence-electron chi connectivity index (χ0n) is 11.6. The number of amides is 1. The number of hydrogen-bond donors (Lipinski definition) is 3. The van der Waals surface area contributed by atoms with Crippen molar-refractivity contribution in [3.63, 3.8) is 0 Å². The first-order valence-electron chi connectivity index (χ1n) is 7.04. The molecule has 0 radical (unpaired) electrons. The van der Waals surface area contributed by atoms with Gasteiger partial charge < -0.3 is 20.9 Å². The third-order valence-corrected chi connectivity index (χ3v) is 3.74. The number of carbonyl (C=O) groups is 1. The lowest BCUT2D eigenvalue weighted by Gasteiger charge is -2.31. The smallest absolute Gasteiger partial charge is 0.233 e. The molecule has 0 bridgehead atoms. The van der Waals surface area contributed by atoms with E-state index in [0.717, 1.165) is 32.1 Å². The minimum absolute atomic E-state index is 0.0345. The highest BCUT2D eigenvalue weighted by Crippen LogP contribution is 2.25. The van der Waals surface area contributed by atoms with E-state index < -0.39 is 5.92 Å². The zero-order valence-corrected chi connectivity index (χ0v) is 11.6. The molecule has 1 atom stereocenters. The van der Waals surface area contributed by atoms with Gasteiger partial charge in [0.05, 0.1) is 12.5 Å². The fourth-order valence-corrected chi connectivity index (χ4v) is 2.75. The first-order chi connectivity index (χ1) is 9.15. The molecular weight excluding hydrogens is 246 g/mol. The van der Waals surface area contributed by atoms with E-state index in [-0.39, 0.29) is 24.4 Å². The monoisotopic (exact) mass is 271 g/mol. The molecule has 1 amide bonds. The number of amidine groups is 1. The van der Waals surface area contributed by atoms with Gasteiger partial charge in [0.2, 0.25) is 5.91 Å². The van der Waals surface area contributed by atoms with Crippen LogP contribution in [0.15, 0.2) is 5.16 Å². The second kappa shape index (κ2) is 7.99. The lowest BCUT2D eigenvalue weighted by molar-refractivity contribution is -0.136. The predicted molar refractivity (Wildman–Crippen MR) is 72.9 cm³/mol. The zero-order chi connectivity index (χ0) is 14.3. The first-order valence-corrected chi connectivity index (χ1v) is 7.04. The molecule has 6 nitrogen and oxygen atoms in total. The molecule has 1 saturated carbocycles. The van der Waals surface area contributed by atoms with E-state index in [4.69, 9.17) is 16.0 Å². The maximum atomic E-state index is 12.6. The van der Waals surface area contributed by atoms with Gasteiger partial charge in [0.25, 0.3) is 0 Å². The summed E-state index contributed by atoms with van der Waals surface area (Å²) in [6.07, 6.45) is 5.51. The number of nitrogens with two attached hydrogens (primary N) is 1. The lowest BCUT2D eigenvalue weighted by atomic mass is 9.99. The summed E-state index contributed by atoms with van der Waals surface area (Å²) in [5.41, 5.74) is 5.63. The average molecular weight is 271 g/mol. The summed E-state index contributed by atoms with van der Waals surface area (Å²) in [4.78, 5) is 14.3. The Morgan fingerprint density at radius 2 is 2.11 bits per heavy atom. The van der Waals surface area contributed by atoms with Crippen molar-refractivity contribution in [3.05, 3.63) is 0 Å². The minimum Gasteiger partial charge on any atom is -0.409 e. The summed E-state index contributed by atoms with van der Waals surface area (Å²) in [5.74, 6) is -0.743. The summed E-state index contributed by atoms with van der Waals surface area (Å²) in [6.45, 7) is 2.22. The fraction of sp³-hybridized carbons (Fsp3) is 0.846. The van der Waals surface area contributed by atoms with Gasteiger partial charge in [-0.05, 0) is 19.3 Å². The van der Waals surface area contributed by atoms with Crippen LogP contribution in [0.4, 0.5) is 0 Å². The Labute approximate surface area is 114 Å². The van der Waals surface area contributed by atoms with Gasteiger partial charge in [0, 0.05) is 12.6 Å². The van der Waals surface area contributed by atoms with Crippen molar-refractivity contribution in [2.45, 2.75) is 51.5 Å². The van der Waals surface area contributed by atoms with Crippen molar-refractivity contribution in [1.29, 1.82) is 0 Å². The Morgan fingerprint density at radius 3 is 2.58 bits per heavy atom. The van der Waals surface area contributed by atoms with Crippen LogP contribution in [0.5, 0.6) is 0 Å². The standard InChI is InChI=1S/C13H25N3O3/c1-2-5-11(12(14)15-19)13(18)16(8-9-17)10-6-3-4-7-10/h10-11,17,19H,2-9H2,1H3,(H2,14,15). The lowest BCUT2D eigenvalue weighted by Crippen LogP contribution is -2.47. The molecule has 0 aromatic carbocycles. The molecular formula is C13H25N3O3. The topological polar surface area (TPSA) is 99.2 Å². The number of hydrogen-bond acceptors (Lipinski definition) is 4. The van der Waals surface area contributed by atoms with E-state index in [9.17, 15) is 4.79 Å². The maximum Gasteiger partial charge on any atom is 0.233 e. The van der Waals surface area contributed by atoms with Gasteiger partial charge in [-0.3, -0.25) is 4.79 Å². The molecule has 0 aliphatic heterocycles. The number of aliphatic hydroxyl groups is 1. The van der Waals surface area contributed by atoms with E-state index in [1.807, 2.05) is 6.92 Å². The van der Waals surface area contributed by atoms with Crippen molar-refractivity contribution in [2.24, 2.45) is 16.8 Å². The van der Waals surface area contributed by atoms with Crippen LogP contribution in [-0.2, 0) is 4.79 Å². The van der Waals surface area contributed by atoms with E-state index >= 15 is 0 Å². The third-order valence-electron chi connectivity index (χ3n) is 3.74. The van der Waals surface area contributed by atoms with Gasteiger partial charge in [-0.25, -0.2) is 0 Å². The van der Waals surface area contributed by atoms with Crippen LogP contribution in [-0.4, -0.2) is 46.1 Å². The third kappa shape index (κ3) is 4.09. The molecule has 0 saturated heterocycles. The highest BCUT2D eigenvalue weighted by Gasteiger charge is 2.32. The molecule has 110 valence electrons. The van der Waals surface area contributed by atoms with Crippen LogP contribution in [0.3, 0.4) is 0 Å². The molecule has 1 unspecified atom stereocenters. The molecule has 1 aliphatic carbocycles. The maximum absolute atomic E-state index is 12.6. The van der Waals surface area contributed by atoms with Crippen molar-refractivity contribution in [1.82, 2.24) is 4.90 Å². The van der Waals surface area contributed by atoms with Crippen LogP contribution >= 0.6 is 0 Å². The quantitative estimate of drug-likeness (QED) is 0.277. The first kappa shape index (κ1) is 15.8. The normalized spacial score (nSPS) is 18.5. The van der Waals surface area contributed by atoms with E-state index in [0.29, 0.717) is 13.0 Å². The van der Waals surface area contributed by atoms with Crippen molar-refractivity contribution < 1.29 is 15.1 Å². The molecule has 4 N–H and O–H groups in total. The van der Waals surface area contributed by atoms with Gasteiger partial charge in [-0.1, -0.05) is 31.3 Å². The SMILES string of the molecule is CCCC(C(=O)N(CCO)C1CCCC1)C(N)=NO. The van der Waals surface area contributed by atoms with Gasteiger partial charge in [0.15, 0.2) is 5.84 Å². The molecule has 0 spiro atoms.